The van der Waals surface area contributed by atoms with E-state index < -0.39 is 11.9 Å². The molecule has 5 heteroatoms. The number of carboxylic acids is 1. The second kappa shape index (κ2) is 8.68. The molecular weight excluding hydrogens is 320 g/mol. The summed E-state index contributed by atoms with van der Waals surface area (Å²) in [6.07, 6.45) is 1.18. The summed E-state index contributed by atoms with van der Waals surface area (Å²) in [7, 11) is 0. The van der Waals surface area contributed by atoms with Gasteiger partial charge in [-0.3, -0.25) is 0 Å². The Morgan fingerprint density at radius 1 is 1.08 bits per heavy atom. The molecule has 0 bridgehead atoms. The Balaban J connectivity index is 2.27. The first kappa shape index (κ1) is 18.3. The third-order valence-corrected chi connectivity index (χ3v) is 3.49. The summed E-state index contributed by atoms with van der Waals surface area (Å²) in [5.74, 6) is -0.889. The first-order valence-electron chi connectivity index (χ1n) is 7.90. The van der Waals surface area contributed by atoms with E-state index in [1.165, 1.54) is 6.08 Å². The predicted octanol–water partition coefficient (Wildman–Crippen LogP) is 3.45. The monoisotopic (exact) mass is 340 g/mol. The summed E-state index contributed by atoms with van der Waals surface area (Å²) in [5, 5.41) is 9.17. The first-order chi connectivity index (χ1) is 12.0. The maximum Gasteiger partial charge on any atom is 0.344 e. The van der Waals surface area contributed by atoms with Crippen molar-refractivity contribution in [1.82, 2.24) is 0 Å². The van der Waals surface area contributed by atoms with Crippen LogP contribution in [0.1, 0.15) is 23.6 Å². The molecule has 0 aliphatic carbocycles. The molecule has 5 nitrogen and oxygen atoms in total. The molecule has 0 heterocycles. The van der Waals surface area contributed by atoms with Gasteiger partial charge in [0.2, 0.25) is 0 Å². The van der Waals surface area contributed by atoms with Crippen LogP contribution in [-0.4, -0.2) is 30.3 Å². The zero-order valence-corrected chi connectivity index (χ0v) is 14.2. The fraction of sp³-hybridized carbons (Fsp3) is 0.200. The van der Waals surface area contributed by atoms with E-state index in [-0.39, 0.29) is 6.61 Å². The largest absolute Gasteiger partial charge is 0.482 e. The van der Waals surface area contributed by atoms with E-state index in [1.54, 1.807) is 19.1 Å². The number of hydrogen-bond donors (Lipinski definition) is 1. The van der Waals surface area contributed by atoms with Crippen LogP contribution in [-0.2, 0) is 14.3 Å². The molecule has 0 aromatic heterocycles. The third kappa shape index (κ3) is 5.21. The number of carbonyl (C=O) groups excluding carboxylic acids is 1. The molecule has 0 saturated carbocycles. The van der Waals surface area contributed by atoms with Gasteiger partial charge < -0.3 is 14.6 Å². The van der Waals surface area contributed by atoms with Crippen molar-refractivity contribution in [2.24, 2.45) is 0 Å². The Labute approximate surface area is 146 Å². The maximum absolute atomic E-state index is 11.4. The molecule has 0 amide bonds. The molecule has 0 atom stereocenters. The highest BCUT2D eigenvalue weighted by Gasteiger charge is 2.11. The smallest absolute Gasteiger partial charge is 0.344 e. The number of benzene rings is 2. The van der Waals surface area contributed by atoms with Crippen LogP contribution in [0, 0.1) is 6.92 Å². The van der Waals surface area contributed by atoms with E-state index in [0.717, 1.165) is 16.7 Å². The van der Waals surface area contributed by atoms with E-state index >= 15 is 0 Å². The van der Waals surface area contributed by atoms with E-state index in [9.17, 15) is 14.7 Å². The summed E-state index contributed by atoms with van der Waals surface area (Å²) in [5.41, 5.74) is 2.97. The lowest BCUT2D eigenvalue weighted by atomic mass is 9.96. The number of esters is 1. The Morgan fingerprint density at radius 3 is 2.40 bits per heavy atom. The number of aryl methyl sites for hydroxylation is 1. The van der Waals surface area contributed by atoms with Crippen molar-refractivity contribution in [1.29, 1.82) is 0 Å². The standard InChI is InChI=1S/C20H20O5/c1-3-24-20(23)13-25-18-10-9-16(11-14(18)2)17(12-19(21)22)15-7-5-4-6-8-15/h4-12H,3,13H2,1-2H3,(H,21,22). The zero-order chi connectivity index (χ0) is 18.2. The maximum atomic E-state index is 11.4. The van der Waals surface area contributed by atoms with Crippen LogP contribution >= 0.6 is 0 Å². The van der Waals surface area contributed by atoms with Gasteiger partial charge in [-0.25, -0.2) is 9.59 Å². The SMILES string of the molecule is CCOC(=O)COc1ccc(C(=CC(=O)O)c2ccccc2)cc1C. The third-order valence-electron chi connectivity index (χ3n) is 3.49. The molecule has 2 rings (SSSR count). The van der Waals surface area contributed by atoms with E-state index in [2.05, 4.69) is 0 Å². The highest BCUT2D eigenvalue weighted by molar-refractivity contribution is 5.95. The highest BCUT2D eigenvalue weighted by Crippen LogP contribution is 2.28. The van der Waals surface area contributed by atoms with Gasteiger partial charge >= 0.3 is 11.9 Å². The highest BCUT2D eigenvalue weighted by atomic mass is 16.6. The lowest BCUT2D eigenvalue weighted by molar-refractivity contribution is -0.145. The topological polar surface area (TPSA) is 72.8 Å². The summed E-state index contributed by atoms with van der Waals surface area (Å²) in [6.45, 7) is 3.72. The number of ether oxygens (including phenoxy) is 2. The van der Waals surface area contributed by atoms with Gasteiger partial charge in [0.15, 0.2) is 6.61 Å². The van der Waals surface area contributed by atoms with Crippen LogP contribution in [0.5, 0.6) is 5.75 Å². The van der Waals surface area contributed by atoms with Crippen molar-refractivity contribution < 1.29 is 24.2 Å². The quantitative estimate of drug-likeness (QED) is 0.617. The first-order valence-corrected chi connectivity index (χ1v) is 7.90. The average molecular weight is 340 g/mol. The molecule has 0 aliphatic rings. The van der Waals surface area contributed by atoms with E-state index in [0.29, 0.717) is 17.9 Å². The predicted molar refractivity (Wildman–Crippen MR) is 94.5 cm³/mol. The van der Waals surface area contributed by atoms with E-state index in [1.807, 2.05) is 43.3 Å². The number of hydrogen-bond acceptors (Lipinski definition) is 4. The molecule has 2 aromatic rings. The Bertz CT molecular complexity index is 778. The Hall–Kier alpha value is -3.08. The molecule has 130 valence electrons. The van der Waals surface area contributed by atoms with Crippen LogP contribution in [0.3, 0.4) is 0 Å². The number of rotatable bonds is 7. The lowest BCUT2D eigenvalue weighted by Gasteiger charge is -2.12. The van der Waals surface area contributed by atoms with Gasteiger partial charge in [0, 0.05) is 6.08 Å². The van der Waals surface area contributed by atoms with Crippen LogP contribution in [0.15, 0.2) is 54.6 Å². The second-order valence-corrected chi connectivity index (χ2v) is 5.34. The minimum atomic E-state index is -1.01. The molecule has 0 unspecified atom stereocenters. The van der Waals surface area contributed by atoms with Crippen molar-refractivity contribution >= 4 is 17.5 Å². The number of carboxylic acid groups (broad SMARTS) is 1. The lowest BCUT2D eigenvalue weighted by Crippen LogP contribution is -2.15. The average Bonchev–Trinajstić information content (AvgIpc) is 2.59. The summed E-state index contributed by atoms with van der Waals surface area (Å²) < 4.78 is 10.3. The van der Waals surface area contributed by atoms with Crippen molar-refractivity contribution in [3.8, 4) is 5.75 Å². The van der Waals surface area contributed by atoms with Crippen molar-refractivity contribution in [2.75, 3.05) is 13.2 Å². The summed E-state index contributed by atoms with van der Waals surface area (Å²) >= 11 is 0. The molecule has 0 spiro atoms. The summed E-state index contributed by atoms with van der Waals surface area (Å²) in [6, 6.07) is 14.6. The molecular formula is C20H20O5. The fourth-order valence-corrected chi connectivity index (χ4v) is 2.39. The van der Waals surface area contributed by atoms with Crippen molar-refractivity contribution in [3.63, 3.8) is 0 Å². The van der Waals surface area contributed by atoms with Gasteiger partial charge in [-0.05, 0) is 48.2 Å². The van der Waals surface area contributed by atoms with Crippen molar-refractivity contribution in [3.05, 3.63) is 71.3 Å². The summed E-state index contributed by atoms with van der Waals surface area (Å²) in [4.78, 5) is 22.6. The fourth-order valence-electron chi connectivity index (χ4n) is 2.39. The minimum Gasteiger partial charge on any atom is -0.482 e. The number of aliphatic carboxylic acids is 1. The van der Waals surface area contributed by atoms with Crippen LogP contribution in [0.25, 0.3) is 5.57 Å². The second-order valence-electron chi connectivity index (χ2n) is 5.34. The van der Waals surface area contributed by atoms with Gasteiger partial charge in [0.25, 0.3) is 0 Å². The Kier molecular flexibility index (Phi) is 6.34. The minimum absolute atomic E-state index is 0.162. The molecule has 0 fully saturated rings. The van der Waals surface area contributed by atoms with Gasteiger partial charge in [-0.1, -0.05) is 36.4 Å². The molecule has 0 radical (unpaired) electrons. The van der Waals surface area contributed by atoms with Crippen LogP contribution in [0.4, 0.5) is 0 Å². The molecule has 1 N–H and O–H groups in total. The molecule has 0 saturated heterocycles. The van der Waals surface area contributed by atoms with Gasteiger partial charge in [0.05, 0.1) is 6.61 Å². The molecule has 25 heavy (non-hydrogen) atoms. The van der Waals surface area contributed by atoms with Gasteiger partial charge in [-0.15, -0.1) is 0 Å². The van der Waals surface area contributed by atoms with E-state index in [4.69, 9.17) is 9.47 Å². The van der Waals surface area contributed by atoms with Crippen LogP contribution in [0.2, 0.25) is 0 Å². The molecule has 2 aromatic carbocycles. The van der Waals surface area contributed by atoms with Crippen LogP contribution < -0.4 is 4.74 Å². The molecule has 0 aliphatic heterocycles. The normalized spacial score (nSPS) is 11.0. The Morgan fingerprint density at radius 2 is 1.80 bits per heavy atom. The zero-order valence-electron chi connectivity index (χ0n) is 14.2. The van der Waals surface area contributed by atoms with Crippen molar-refractivity contribution in [2.45, 2.75) is 13.8 Å². The number of carbonyl (C=O) groups is 2. The van der Waals surface area contributed by atoms with Gasteiger partial charge in [-0.2, -0.15) is 0 Å². The van der Waals surface area contributed by atoms with Gasteiger partial charge in [0.1, 0.15) is 5.75 Å².